The van der Waals surface area contributed by atoms with Gasteiger partial charge in [-0.1, -0.05) is 60.3 Å². The summed E-state index contributed by atoms with van der Waals surface area (Å²) in [6.45, 7) is 0.619. The Morgan fingerprint density at radius 1 is 1.19 bits per heavy atom. The number of rotatable bonds is 5. The molecular weight excluding hydrogens is 346 g/mol. The highest BCUT2D eigenvalue weighted by atomic mass is 32.2. The summed E-state index contributed by atoms with van der Waals surface area (Å²) in [5.41, 5.74) is 3.07. The Morgan fingerprint density at radius 3 is 2.88 bits per heavy atom. The lowest BCUT2D eigenvalue weighted by Gasteiger charge is -2.26. The fourth-order valence-electron chi connectivity index (χ4n) is 3.00. The first kappa shape index (κ1) is 16.7. The van der Waals surface area contributed by atoms with Crippen molar-refractivity contribution < 1.29 is 9.53 Å². The first-order chi connectivity index (χ1) is 12.8. The van der Waals surface area contributed by atoms with Crippen LogP contribution in [0, 0.1) is 0 Å². The lowest BCUT2D eigenvalue weighted by molar-refractivity contribution is -0.119. The van der Waals surface area contributed by atoms with Crippen LogP contribution in [0.4, 0.5) is 0 Å². The number of hydrogen-bond donors (Lipinski definition) is 2. The Kier molecular flexibility index (Phi) is 4.93. The van der Waals surface area contributed by atoms with E-state index in [4.69, 9.17) is 4.74 Å². The fourth-order valence-corrected chi connectivity index (χ4v) is 3.66. The van der Waals surface area contributed by atoms with E-state index < -0.39 is 0 Å². The van der Waals surface area contributed by atoms with Gasteiger partial charge in [0.15, 0.2) is 5.16 Å². The molecule has 2 aromatic carbocycles. The predicted molar refractivity (Wildman–Crippen MR) is 102 cm³/mol. The molecule has 0 radical (unpaired) electrons. The molecule has 0 saturated carbocycles. The highest BCUT2D eigenvalue weighted by molar-refractivity contribution is 7.99. The number of nitrogens with zero attached hydrogens (tertiary/aromatic N) is 1. The van der Waals surface area contributed by atoms with E-state index in [-0.39, 0.29) is 11.9 Å². The topological polar surface area (TPSA) is 67.0 Å². The predicted octanol–water partition coefficient (Wildman–Crippen LogP) is 3.81. The number of amides is 1. The Bertz CT molecular complexity index is 895. The van der Waals surface area contributed by atoms with Crippen molar-refractivity contribution in [1.82, 2.24) is 15.3 Å². The number of aromatic nitrogens is 2. The minimum atomic E-state index is -0.00522. The maximum Gasteiger partial charge on any atom is 0.230 e. The maximum absolute atomic E-state index is 12.4. The van der Waals surface area contributed by atoms with Gasteiger partial charge in [-0.05, 0) is 11.6 Å². The SMILES string of the molecule is O=C(CSc1ncc(-c2ccccc2)[nH]1)NC1CCOc2ccccc21. The van der Waals surface area contributed by atoms with Crippen molar-refractivity contribution in [3.8, 4) is 17.0 Å². The number of imidazole rings is 1. The van der Waals surface area contributed by atoms with Crippen LogP contribution in [0.15, 0.2) is 66.0 Å². The zero-order valence-corrected chi connectivity index (χ0v) is 15.0. The van der Waals surface area contributed by atoms with Crippen molar-refractivity contribution in [2.24, 2.45) is 0 Å². The van der Waals surface area contributed by atoms with Crippen molar-refractivity contribution in [2.75, 3.05) is 12.4 Å². The van der Waals surface area contributed by atoms with Crippen molar-refractivity contribution in [3.63, 3.8) is 0 Å². The van der Waals surface area contributed by atoms with Crippen LogP contribution in [0.5, 0.6) is 5.75 Å². The summed E-state index contributed by atoms with van der Waals surface area (Å²) < 4.78 is 5.64. The molecule has 0 aliphatic carbocycles. The second-order valence-corrected chi connectivity index (χ2v) is 7.02. The number of thioether (sulfide) groups is 1. The smallest absolute Gasteiger partial charge is 0.230 e. The van der Waals surface area contributed by atoms with Crippen LogP contribution in [0.25, 0.3) is 11.3 Å². The van der Waals surface area contributed by atoms with Crippen LogP contribution in [0.3, 0.4) is 0 Å². The normalized spacial score (nSPS) is 15.8. The average Bonchev–Trinajstić information content (AvgIpc) is 3.17. The molecule has 1 amide bonds. The van der Waals surface area contributed by atoms with Crippen molar-refractivity contribution in [2.45, 2.75) is 17.6 Å². The summed E-state index contributed by atoms with van der Waals surface area (Å²) in [7, 11) is 0. The molecule has 6 heteroatoms. The number of fused-ring (bicyclic) bond motifs is 1. The molecule has 1 atom stereocenters. The lowest BCUT2D eigenvalue weighted by atomic mass is 10.0. The Labute approximate surface area is 156 Å². The van der Waals surface area contributed by atoms with E-state index in [1.54, 1.807) is 6.20 Å². The van der Waals surface area contributed by atoms with Crippen LogP contribution in [-0.2, 0) is 4.79 Å². The summed E-state index contributed by atoms with van der Waals surface area (Å²) in [4.78, 5) is 20.0. The number of hydrogen-bond acceptors (Lipinski definition) is 4. The maximum atomic E-state index is 12.4. The zero-order chi connectivity index (χ0) is 17.8. The van der Waals surface area contributed by atoms with Crippen LogP contribution in [0.1, 0.15) is 18.0 Å². The van der Waals surface area contributed by atoms with Crippen LogP contribution in [-0.4, -0.2) is 28.2 Å². The minimum Gasteiger partial charge on any atom is -0.493 e. The van der Waals surface area contributed by atoms with Crippen molar-refractivity contribution >= 4 is 17.7 Å². The number of para-hydroxylation sites is 1. The van der Waals surface area contributed by atoms with E-state index in [1.807, 2.05) is 54.6 Å². The van der Waals surface area contributed by atoms with Crippen LogP contribution >= 0.6 is 11.8 Å². The molecule has 3 aromatic rings. The van der Waals surface area contributed by atoms with E-state index >= 15 is 0 Å². The molecule has 1 unspecified atom stereocenters. The summed E-state index contributed by atoms with van der Waals surface area (Å²) in [6, 6.07) is 17.9. The highest BCUT2D eigenvalue weighted by Crippen LogP contribution is 2.31. The molecule has 26 heavy (non-hydrogen) atoms. The van der Waals surface area contributed by atoms with Gasteiger partial charge in [0.2, 0.25) is 5.91 Å². The number of carbonyl (C=O) groups excluding carboxylic acids is 1. The van der Waals surface area contributed by atoms with Gasteiger partial charge in [0, 0.05) is 12.0 Å². The van der Waals surface area contributed by atoms with Crippen molar-refractivity contribution in [3.05, 3.63) is 66.4 Å². The van der Waals surface area contributed by atoms with Gasteiger partial charge < -0.3 is 15.0 Å². The molecule has 2 heterocycles. The van der Waals surface area contributed by atoms with E-state index in [9.17, 15) is 4.79 Å². The third-order valence-corrected chi connectivity index (χ3v) is 5.16. The van der Waals surface area contributed by atoms with E-state index in [0.29, 0.717) is 12.4 Å². The average molecular weight is 365 g/mol. The molecule has 0 saturated heterocycles. The third kappa shape index (κ3) is 3.75. The van der Waals surface area contributed by atoms with E-state index in [1.165, 1.54) is 11.8 Å². The molecule has 0 spiro atoms. The number of ether oxygens (including phenoxy) is 1. The molecule has 1 aliphatic heterocycles. The Morgan fingerprint density at radius 2 is 2.00 bits per heavy atom. The highest BCUT2D eigenvalue weighted by Gasteiger charge is 2.22. The fraction of sp³-hybridized carbons (Fsp3) is 0.200. The molecule has 4 rings (SSSR count). The van der Waals surface area contributed by atoms with Crippen molar-refractivity contribution in [1.29, 1.82) is 0 Å². The molecule has 5 nitrogen and oxygen atoms in total. The first-order valence-corrected chi connectivity index (χ1v) is 9.52. The quantitative estimate of drug-likeness (QED) is 0.675. The van der Waals surface area contributed by atoms with Gasteiger partial charge >= 0.3 is 0 Å². The Hall–Kier alpha value is -2.73. The first-order valence-electron chi connectivity index (χ1n) is 8.54. The monoisotopic (exact) mass is 365 g/mol. The number of nitrogens with one attached hydrogen (secondary N) is 2. The Balaban J connectivity index is 1.35. The van der Waals surface area contributed by atoms with Gasteiger partial charge in [-0.25, -0.2) is 4.98 Å². The van der Waals surface area contributed by atoms with E-state index in [2.05, 4.69) is 15.3 Å². The van der Waals surface area contributed by atoms with Crippen LogP contribution in [0.2, 0.25) is 0 Å². The number of aromatic amines is 1. The van der Waals surface area contributed by atoms with E-state index in [0.717, 1.165) is 34.1 Å². The van der Waals surface area contributed by atoms with Gasteiger partial charge in [0.05, 0.1) is 30.3 Å². The summed E-state index contributed by atoms with van der Waals surface area (Å²) in [6.07, 6.45) is 2.58. The molecule has 1 aromatic heterocycles. The molecule has 1 aliphatic rings. The standard InChI is InChI=1S/C20H19N3O2S/c24-19(22-16-10-11-25-18-9-5-4-8-15(16)18)13-26-20-21-12-17(23-20)14-6-2-1-3-7-14/h1-9,12,16H,10-11,13H2,(H,21,23)(H,22,24). The lowest BCUT2D eigenvalue weighted by Crippen LogP contribution is -2.33. The van der Waals surface area contributed by atoms with Crippen LogP contribution < -0.4 is 10.1 Å². The van der Waals surface area contributed by atoms with Gasteiger partial charge in [0.1, 0.15) is 5.75 Å². The molecule has 0 fully saturated rings. The van der Waals surface area contributed by atoms with Gasteiger partial charge in [-0.2, -0.15) is 0 Å². The van der Waals surface area contributed by atoms with Gasteiger partial charge in [-0.15, -0.1) is 0 Å². The number of carbonyl (C=O) groups is 1. The summed E-state index contributed by atoms with van der Waals surface area (Å²) >= 11 is 1.40. The molecule has 0 bridgehead atoms. The van der Waals surface area contributed by atoms with Gasteiger partial charge in [-0.3, -0.25) is 4.79 Å². The summed E-state index contributed by atoms with van der Waals surface area (Å²) in [5, 5.41) is 3.84. The summed E-state index contributed by atoms with van der Waals surface area (Å²) in [5.74, 6) is 1.17. The minimum absolute atomic E-state index is 0.00420. The zero-order valence-electron chi connectivity index (χ0n) is 14.1. The largest absolute Gasteiger partial charge is 0.493 e. The second-order valence-electron chi connectivity index (χ2n) is 6.05. The van der Waals surface area contributed by atoms with Gasteiger partial charge in [0.25, 0.3) is 0 Å². The second kappa shape index (κ2) is 7.66. The number of benzene rings is 2. The molecule has 2 N–H and O–H groups in total. The number of H-pyrrole nitrogens is 1. The third-order valence-electron chi connectivity index (χ3n) is 4.27. The molecular formula is C20H19N3O2S. The molecule has 132 valence electrons.